The van der Waals surface area contributed by atoms with Crippen molar-refractivity contribution in [3.8, 4) is 0 Å². The molecule has 3 aromatic carbocycles. The van der Waals surface area contributed by atoms with E-state index < -0.39 is 34.1 Å². The molecule has 0 aliphatic carbocycles. The van der Waals surface area contributed by atoms with Crippen molar-refractivity contribution < 1.29 is 18.0 Å². The van der Waals surface area contributed by atoms with Crippen LogP contribution in [0.5, 0.6) is 0 Å². The maximum absolute atomic E-state index is 14.2. The predicted octanol–water partition coefficient (Wildman–Crippen LogP) is 5.44. The van der Waals surface area contributed by atoms with E-state index in [0.29, 0.717) is 5.69 Å². The molecule has 0 aliphatic heterocycles. The summed E-state index contributed by atoms with van der Waals surface area (Å²) in [6.45, 7) is 11.5. The maximum atomic E-state index is 14.2. The third-order valence-electron chi connectivity index (χ3n) is 6.77. The lowest BCUT2D eigenvalue weighted by Crippen LogP contribution is -2.56. The normalized spacial score (nSPS) is 12.6. The molecular weight excluding hydrogens is 534 g/mol. The molecule has 0 radical (unpaired) electrons. The van der Waals surface area contributed by atoms with Crippen LogP contribution in [0.15, 0.2) is 78.9 Å². The van der Waals surface area contributed by atoms with Crippen molar-refractivity contribution >= 4 is 27.5 Å². The van der Waals surface area contributed by atoms with Crippen LogP contribution in [-0.2, 0) is 32.6 Å². The fourth-order valence-corrected chi connectivity index (χ4v) is 5.39. The lowest BCUT2D eigenvalue weighted by molar-refractivity contribution is -0.140. The van der Waals surface area contributed by atoms with Gasteiger partial charge in [-0.2, -0.15) is 0 Å². The maximum Gasteiger partial charge on any atom is 0.244 e. The number of sulfonamides is 1. The van der Waals surface area contributed by atoms with E-state index in [1.165, 1.54) is 4.90 Å². The number of hydrogen-bond donors (Lipinski definition) is 1. The highest BCUT2D eigenvalue weighted by molar-refractivity contribution is 7.92. The number of nitrogens with one attached hydrogen (secondary N) is 1. The fourth-order valence-electron chi connectivity index (χ4n) is 4.54. The highest BCUT2D eigenvalue weighted by Crippen LogP contribution is 2.23. The average molecular weight is 578 g/mol. The van der Waals surface area contributed by atoms with Gasteiger partial charge in [-0.05, 0) is 62.4 Å². The van der Waals surface area contributed by atoms with Gasteiger partial charge in [-0.3, -0.25) is 13.9 Å². The van der Waals surface area contributed by atoms with Crippen LogP contribution in [0.3, 0.4) is 0 Å². The Morgan fingerprint density at radius 1 is 0.854 bits per heavy atom. The minimum absolute atomic E-state index is 0.151. The number of nitrogens with zero attached hydrogens (tertiary/aromatic N) is 2. The first-order chi connectivity index (χ1) is 19.1. The molecule has 220 valence electrons. The van der Waals surface area contributed by atoms with Crippen LogP contribution in [0.1, 0.15) is 62.8 Å². The first-order valence-electron chi connectivity index (χ1n) is 13.9. The van der Waals surface area contributed by atoms with Crippen molar-refractivity contribution in [3.05, 3.63) is 101 Å². The van der Waals surface area contributed by atoms with Crippen molar-refractivity contribution in [1.29, 1.82) is 0 Å². The Morgan fingerprint density at radius 3 is 1.95 bits per heavy atom. The van der Waals surface area contributed by atoms with Gasteiger partial charge in [0, 0.05) is 18.5 Å². The second-order valence-electron chi connectivity index (χ2n) is 12.0. The van der Waals surface area contributed by atoms with Gasteiger partial charge in [-0.1, -0.05) is 86.1 Å². The first-order valence-corrected chi connectivity index (χ1v) is 15.8. The highest BCUT2D eigenvalue weighted by atomic mass is 32.2. The summed E-state index contributed by atoms with van der Waals surface area (Å²) in [6.07, 6.45) is 1.37. The molecule has 0 spiro atoms. The van der Waals surface area contributed by atoms with Gasteiger partial charge in [-0.25, -0.2) is 8.42 Å². The van der Waals surface area contributed by atoms with Crippen LogP contribution >= 0.6 is 0 Å². The molecule has 0 saturated carbocycles. The number of aryl methyl sites for hydroxylation is 1. The number of rotatable bonds is 11. The molecule has 0 bridgehead atoms. The number of hydrogen-bond acceptors (Lipinski definition) is 4. The zero-order valence-electron chi connectivity index (χ0n) is 25.2. The Labute approximate surface area is 245 Å². The van der Waals surface area contributed by atoms with Gasteiger partial charge in [0.1, 0.15) is 12.6 Å². The summed E-state index contributed by atoms with van der Waals surface area (Å²) in [5, 5.41) is 3.04. The second kappa shape index (κ2) is 13.3. The highest BCUT2D eigenvalue weighted by Gasteiger charge is 2.34. The quantitative estimate of drug-likeness (QED) is 0.329. The molecular formula is C33H43N3O4S. The first kappa shape index (κ1) is 31.9. The lowest BCUT2D eigenvalue weighted by Gasteiger charge is -2.35. The van der Waals surface area contributed by atoms with Gasteiger partial charge in [0.05, 0.1) is 11.9 Å². The van der Waals surface area contributed by atoms with E-state index in [9.17, 15) is 18.0 Å². The van der Waals surface area contributed by atoms with E-state index >= 15 is 0 Å². The van der Waals surface area contributed by atoms with E-state index in [2.05, 4.69) is 19.2 Å². The molecule has 1 N–H and O–H groups in total. The van der Waals surface area contributed by atoms with E-state index in [1.807, 2.05) is 94.4 Å². The van der Waals surface area contributed by atoms with Gasteiger partial charge in [0.2, 0.25) is 21.8 Å². The second-order valence-corrected chi connectivity index (χ2v) is 13.9. The number of carbonyl (C=O) groups is 2. The topological polar surface area (TPSA) is 86.8 Å². The minimum atomic E-state index is -3.81. The molecule has 0 aromatic heterocycles. The predicted molar refractivity (Wildman–Crippen MR) is 166 cm³/mol. The molecule has 2 amide bonds. The molecule has 0 unspecified atom stereocenters. The standard InChI is InChI=1S/C33H43N3O4S/c1-24(2)28-17-19-29(20-18-28)36(41(7,39)40)23-31(37)35(22-27-15-13-25(3)14-16-27)30(32(38)34-33(4,5)6)21-26-11-9-8-10-12-26/h8-20,24,30H,21-23H2,1-7H3,(H,34,38)/t30-/m0/s1. The number of carbonyl (C=O) groups excluding carboxylic acids is 2. The monoisotopic (exact) mass is 577 g/mol. The SMILES string of the molecule is Cc1ccc(CN(C(=O)CN(c2ccc(C(C)C)cc2)S(C)(=O)=O)[C@@H](Cc2ccccc2)C(=O)NC(C)(C)C)cc1. The van der Waals surface area contributed by atoms with Crippen molar-refractivity contribution in [2.45, 2.75) is 72.0 Å². The molecule has 7 nitrogen and oxygen atoms in total. The molecule has 1 atom stereocenters. The van der Waals surface area contributed by atoms with Gasteiger partial charge in [0.15, 0.2) is 0 Å². The molecule has 0 fully saturated rings. The Hall–Kier alpha value is -3.65. The van der Waals surface area contributed by atoms with Crippen molar-refractivity contribution in [2.24, 2.45) is 0 Å². The average Bonchev–Trinajstić information content (AvgIpc) is 2.89. The zero-order chi connectivity index (χ0) is 30.4. The molecule has 0 aliphatic rings. The summed E-state index contributed by atoms with van der Waals surface area (Å²) in [4.78, 5) is 29.4. The Morgan fingerprint density at radius 2 is 1.44 bits per heavy atom. The lowest BCUT2D eigenvalue weighted by atomic mass is 10.0. The summed E-state index contributed by atoms with van der Waals surface area (Å²) < 4.78 is 27.0. The van der Waals surface area contributed by atoms with Gasteiger partial charge >= 0.3 is 0 Å². The Bertz CT molecular complexity index is 1410. The van der Waals surface area contributed by atoms with Gasteiger partial charge < -0.3 is 10.2 Å². The van der Waals surface area contributed by atoms with Gasteiger partial charge in [0.25, 0.3) is 0 Å². The smallest absolute Gasteiger partial charge is 0.244 e. The van der Waals surface area contributed by atoms with Crippen molar-refractivity contribution in [1.82, 2.24) is 10.2 Å². The number of anilines is 1. The van der Waals surface area contributed by atoms with Crippen LogP contribution < -0.4 is 9.62 Å². The summed E-state index contributed by atoms with van der Waals surface area (Å²) in [5.41, 5.74) is 3.76. The van der Waals surface area contributed by atoms with Crippen molar-refractivity contribution in [3.63, 3.8) is 0 Å². The van der Waals surface area contributed by atoms with Crippen LogP contribution in [-0.4, -0.2) is 49.5 Å². The summed E-state index contributed by atoms with van der Waals surface area (Å²) in [6, 6.07) is 23.6. The molecule has 0 heterocycles. The van der Waals surface area contributed by atoms with Crippen LogP contribution in [0.25, 0.3) is 0 Å². The van der Waals surface area contributed by atoms with Gasteiger partial charge in [-0.15, -0.1) is 0 Å². The minimum Gasteiger partial charge on any atom is -0.350 e. The zero-order valence-corrected chi connectivity index (χ0v) is 26.0. The Balaban J connectivity index is 2.06. The number of benzene rings is 3. The summed E-state index contributed by atoms with van der Waals surface area (Å²) in [5.74, 6) is -0.481. The largest absolute Gasteiger partial charge is 0.350 e. The third-order valence-corrected chi connectivity index (χ3v) is 7.91. The molecule has 0 saturated heterocycles. The van der Waals surface area contributed by atoms with Crippen molar-refractivity contribution in [2.75, 3.05) is 17.1 Å². The molecule has 8 heteroatoms. The summed E-state index contributed by atoms with van der Waals surface area (Å²) >= 11 is 0. The third kappa shape index (κ3) is 9.46. The molecule has 3 rings (SSSR count). The fraction of sp³-hybridized carbons (Fsp3) is 0.394. The molecule has 3 aromatic rings. The number of amides is 2. The molecule has 41 heavy (non-hydrogen) atoms. The van der Waals surface area contributed by atoms with Crippen LogP contribution in [0, 0.1) is 6.92 Å². The van der Waals surface area contributed by atoms with E-state index in [0.717, 1.165) is 32.8 Å². The van der Waals surface area contributed by atoms with E-state index in [1.54, 1.807) is 12.1 Å². The van der Waals surface area contributed by atoms with Crippen LogP contribution in [0.4, 0.5) is 5.69 Å². The van der Waals surface area contributed by atoms with E-state index in [4.69, 9.17) is 0 Å². The Kier molecular flexibility index (Phi) is 10.4. The summed E-state index contributed by atoms with van der Waals surface area (Å²) in [7, 11) is -3.81. The van der Waals surface area contributed by atoms with Crippen LogP contribution in [0.2, 0.25) is 0 Å². The van der Waals surface area contributed by atoms with E-state index in [-0.39, 0.29) is 24.8 Å².